The molecule has 0 spiro atoms. The van der Waals surface area contributed by atoms with Gasteiger partial charge < -0.3 is 20.1 Å². The zero-order valence-corrected chi connectivity index (χ0v) is 20.8. The van der Waals surface area contributed by atoms with Gasteiger partial charge in [0.2, 0.25) is 0 Å². The molecule has 0 bridgehead atoms. The molecule has 3 N–H and O–H groups in total. The summed E-state index contributed by atoms with van der Waals surface area (Å²) in [5.41, 5.74) is 3.31. The van der Waals surface area contributed by atoms with Crippen LogP contribution in [0.5, 0.6) is 0 Å². The maximum atomic E-state index is 15.4. The second kappa shape index (κ2) is 10.4. The number of nitrogens with zero attached hydrogens (tertiary/aromatic N) is 2. The summed E-state index contributed by atoms with van der Waals surface area (Å²) < 4.78 is 56.7. The Labute approximate surface area is 213 Å². The number of rotatable bonds is 9. The lowest BCUT2D eigenvalue weighted by molar-refractivity contribution is -0.0864. The Hall–Kier alpha value is -2.46. The first kappa shape index (κ1) is 26.2. The van der Waals surface area contributed by atoms with Crippen molar-refractivity contribution < 1.29 is 27.8 Å². The molecule has 1 fully saturated rings. The Balaban J connectivity index is 1.48. The smallest absolute Gasteiger partial charge is 0.283 e. The number of hydrogen-bond donors (Lipinski definition) is 3. The fraction of sp³-hybridized carbons (Fsp3) is 0.500. The van der Waals surface area contributed by atoms with Crippen LogP contribution in [0.15, 0.2) is 42.5 Å². The SMILES string of the molecule is C[C@@H]1Cc2c([nH]c3ccccc23)[C@@H](c2ccc(C(O)C3CN(CCCF)C3)c(F)c2)N1CC(F)(F)CO. The summed E-state index contributed by atoms with van der Waals surface area (Å²) in [5, 5.41) is 21.1. The van der Waals surface area contributed by atoms with Crippen LogP contribution < -0.4 is 0 Å². The van der Waals surface area contributed by atoms with Gasteiger partial charge in [-0.1, -0.05) is 30.3 Å². The Morgan fingerprint density at radius 1 is 1.16 bits per heavy atom. The van der Waals surface area contributed by atoms with Crippen LogP contribution >= 0.6 is 0 Å². The molecule has 3 heterocycles. The summed E-state index contributed by atoms with van der Waals surface area (Å²) in [4.78, 5) is 7.03. The monoisotopic (exact) mass is 519 g/mol. The van der Waals surface area contributed by atoms with E-state index in [1.165, 1.54) is 6.07 Å². The zero-order chi connectivity index (χ0) is 26.3. The van der Waals surface area contributed by atoms with E-state index in [0.717, 1.165) is 22.2 Å². The largest absolute Gasteiger partial charge is 0.390 e. The summed E-state index contributed by atoms with van der Waals surface area (Å²) in [6.07, 6.45) is -0.0239. The lowest BCUT2D eigenvalue weighted by Crippen LogP contribution is -2.49. The molecule has 3 atom stereocenters. The van der Waals surface area contributed by atoms with Crippen LogP contribution in [0.3, 0.4) is 0 Å². The summed E-state index contributed by atoms with van der Waals surface area (Å²) in [5.74, 6) is -4.05. The highest BCUT2D eigenvalue weighted by Crippen LogP contribution is 2.42. The number of aliphatic hydroxyl groups excluding tert-OH is 2. The molecule has 0 amide bonds. The lowest BCUT2D eigenvalue weighted by atomic mass is 9.85. The molecule has 1 unspecified atom stereocenters. The average molecular weight is 520 g/mol. The molecule has 0 saturated carbocycles. The van der Waals surface area contributed by atoms with E-state index in [1.807, 2.05) is 36.1 Å². The first-order valence-corrected chi connectivity index (χ1v) is 12.8. The van der Waals surface area contributed by atoms with Crippen LogP contribution in [0.25, 0.3) is 10.9 Å². The van der Waals surface area contributed by atoms with E-state index in [-0.39, 0.29) is 24.2 Å². The van der Waals surface area contributed by atoms with E-state index in [9.17, 15) is 23.4 Å². The molecule has 2 aliphatic rings. The molecular formula is C28H33F4N3O2. The van der Waals surface area contributed by atoms with E-state index in [4.69, 9.17) is 0 Å². The maximum Gasteiger partial charge on any atom is 0.283 e. The van der Waals surface area contributed by atoms with E-state index >= 15 is 4.39 Å². The highest BCUT2D eigenvalue weighted by atomic mass is 19.3. The number of aliphatic hydroxyl groups is 2. The number of fused-ring (bicyclic) bond motifs is 3. The van der Waals surface area contributed by atoms with E-state index in [1.54, 1.807) is 17.0 Å². The molecule has 5 rings (SSSR count). The predicted molar refractivity (Wildman–Crippen MR) is 134 cm³/mol. The zero-order valence-electron chi connectivity index (χ0n) is 20.8. The molecule has 2 aromatic carbocycles. The lowest BCUT2D eigenvalue weighted by Gasteiger charge is -2.43. The second-order valence-corrected chi connectivity index (χ2v) is 10.5. The number of para-hydroxylation sites is 1. The molecule has 3 aromatic rings. The minimum atomic E-state index is -3.32. The topological polar surface area (TPSA) is 62.7 Å². The standard InChI is InChI=1S/C28H33F4N3O2/c1-17-11-22-20-5-2-3-6-24(20)33-25(22)26(35(17)15-28(31,32)16-36)18-7-8-21(23(30)12-18)27(37)19-13-34(14-19)10-4-9-29/h2-3,5-8,12,17,19,26-27,33,36-37H,4,9-11,13-16H2,1H3/t17-,26-,27?/m1/s1. The second-order valence-electron chi connectivity index (χ2n) is 10.5. The highest BCUT2D eigenvalue weighted by Gasteiger charge is 2.42. The third kappa shape index (κ3) is 5.02. The Morgan fingerprint density at radius 3 is 2.62 bits per heavy atom. The molecule has 0 radical (unpaired) electrons. The van der Waals surface area contributed by atoms with Crippen molar-refractivity contribution in [3.8, 4) is 0 Å². The number of halogens is 4. The molecular weight excluding hydrogens is 486 g/mol. The summed E-state index contributed by atoms with van der Waals surface area (Å²) in [6, 6.07) is 11.4. The minimum Gasteiger partial charge on any atom is -0.390 e. The highest BCUT2D eigenvalue weighted by molar-refractivity contribution is 5.85. The normalized spacial score (nSPS) is 22.2. The molecule has 37 heavy (non-hydrogen) atoms. The van der Waals surface area contributed by atoms with Crippen molar-refractivity contribution >= 4 is 10.9 Å². The Bertz CT molecular complexity index is 1240. The van der Waals surface area contributed by atoms with Gasteiger partial charge in [0.1, 0.15) is 12.4 Å². The number of aromatic nitrogens is 1. The van der Waals surface area contributed by atoms with Gasteiger partial charge in [-0.25, -0.2) is 13.2 Å². The van der Waals surface area contributed by atoms with Gasteiger partial charge in [-0.05, 0) is 43.0 Å². The van der Waals surface area contributed by atoms with Crippen LogP contribution in [0.1, 0.15) is 47.9 Å². The number of benzene rings is 2. The summed E-state index contributed by atoms with van der Waals surface area (Å²) >= 11 is 0. The molecule has 200 valence electrons. The van der Waals surface area contributed by atoms with Crippen LogP contribution in [0.2, 0.25) is 0 Å². The van der Waals surface area contributed by atoms with Crippen LogP contribution in [0.4, 0.5) is 17.6 Å². The fourth-order valence-electron chi connectivity index (χ4n) is 5.91. The number of nitrogens with one attached hydrogen (secondary N) is 1. The number of aromatic amines is 1. The van der Waals surface area contributed by atoms with Crippen molar-refractivity contribution in [3.63, 3.8) is 0 Å². The Morgan fingerprint density at radius 2 is 1.92 bits per heavy atom. The summed E-state index contributed by atoms with van der Waals surface area (Å²) in [7, 11) is 0. The third-order valence-electron chi connectivity index (χ3n) is 7.86. The number of H-pyrrole nitrogens is 1. The van der Waals surface area contributed by atoms with Crippen molar-refractivity contribution in [2.24, 2.45) is 5.92 Å². The summed E-state index contributed by atoms with van der Waals surface area (Å²) in [6.45, 7) is 1.29. The van der Waals surface area contributed by atoms with Gasteiger partial charge in [-0.15, -0.1) is 0 Å². The van der Waals surface area contributed by atoms with E-state index < -0.39 is 37.0 Å². The number of likely N-dealkylation sites (tertiary alicyclic amines) is 1. The quantitative estimate of drug-likeness (QED) is 0.362. The van der Waals surface area contributed by atoms with Crippen LogP contribution in [0, 0.1) is 11.7 Å². The van der Waals surface area contributed by atoms with E-state index in [2.05, 4.69) is 4.98 Å². The van der Waals surface area contributed by atoms with Gasteiger partial charge in [0.25, 0.3) is 5.92 Å². The van der Waals surface area contributed by atoms with Gasteiger partial charge in [-0.2, -0.15) is 0 Å². The van der Waals surface area contributed by atoms with Crippen molar-refractivity contribution in [1.82, 2.24) is 14.8 Å². The fourth-order valence-corrected chi connectivity index (χ4v) is 5.91. The predicted octanol–water partition coefficient (Wildman–Crippen LogP) is 4.60. The molecule has 1 aromatic heterocycles. The molecule has 9 heteroatoms. The van der Waals surface area contributed by atoms with Crippen molar-refractivity contribution in [3.05, 3.63) is 70.7 Å². The number of hydrogen-bond acceptors (Lipinski definition) is 4. The molecule has 1 saturated heterocycles. The first-order chi connectivity index (χ1) is 17.7. The average Bonchev–Trinajstić information content (AvgIpc) is 3.21. The molecule has 0 aliphatic carbocycles. The van der Waals surface area contributed by atoms with Gasteiger partial charge >= 0.3 is 0 Å². The Kier molecular flexibility index (Phi) is 7.33. The van der Waals surface area contributed by atoms with Crippen LogP contribution in [-0.4, -0.2) is 76.4 Å². The van der Waals surface area contributed by atoms with Gasteiger partial charge in [-0.3, -0.25) is 9.29 Å². The van der Waals surface area contributed by atoms with Gasteiger partial charge in [0.05, 0.1) is 25.4 Å². The third-order valence-corrected chi connectivity index (χ3v) is 7.86. The van der Waals surface area contributed by atoms with Gasteiger partial charge in [0.15, 0.2) is 0 Å². The van der Waals surface area contributed by atoms with E-state index in [0.29, 0.717) is 38.0 Å². The molecule has 5 nitrogen and oxygen atoms in total. The van der Waals surface area contributed by atoms with Crippen molar-refractivity contribution in [2.45, 2.75) is 43.9 Å². The van der Waals surface area contributed by atoms with Gasteiger partial charge in [0, 0.05) is 53.8 Å². The van der Waals surface area contributed by atoms with Crippen molar-refractivity contribution in [1.29, 1.82) is 0 Å². The first-order valence-electron chi connectivity index (χ1n) is 12.8. The minimum absolute atomic E-state index is 0.144. The van der Waals surface area contributed by atoms with Crippen LogP contribution in [-0.2, 0) is 6.42 Å². The molecule has 2 aliphatic heterocycles. The number of alkyl halides is 3. The maximum absolute atomic E-state index is 15.4. The van der Waals surface area contributed by atoms with Crippen molar-refractivity contribution in [2.75, 3.05) is 39.5 Å².